The van der Waals surface area contributed by atoms with Crippen molar-refractivity contribution in [3.63, 3.8) is 0 Å². The number of pyridine rings is 1. The van der Waals surface area contributed by atoms with Crippen LogP contribution in [-0.2, 0) is 0 Å². The SMILES string of the molecule is [2H]C(C)(/C=C\C)c1ccnc(-c2cccc3c2sc2c4ccc(F)cc4ccc32)c1. The zero-order valence-corrected chi connectivity index (χ0v) is 17.1. The molecular weight excluding hydrogens is 377 g/mol. The molecule has 0 N–H and O–H groups in total. The van der Waals surface area contributed by atoms with Crippen LogP contribution in [0.5, 0.6) is 0 Å². The molecule has 0 bridgehead atoms. The smallest absolute Gasteiger partial charge is 0.123 e. The molecule has 5 rings (SSSR count). The van der Waals surface area contributed by atoms with Crippen LogP contribution in [0.25, 0.3) is 42.2 Å². The van der Waals surface area contributed by atoms with Gasteiger partial charge in [-0.1, -0.05) is 55.5 Å². The van der Waals surface area contributed by atoms with E-state index < -0.39 is 5.89 Å². The van der Waals surface area contributed by atoms with Crippen LogP contribution >= 0.6 is 11.3 Å². The molecule has 0 aliphatic carbocycles. The summed E-state index contributed by atoms with van der Waals surface area (Å²) in [5.41, 5.74) is 2.83. The van der Waals surface area contributed by atoms with Gasteiger partial charge in [-0.2, -0.15) is 0 Å². The summed E-state index contributed by atoms with van der Waals surface area (Å²) in [5, 5.41) is 4.32. The van der Waals surface area contributed by atoms with E-state index in [4.69, 9.17) is 1.37 Å². The van der Waals surface area contributed by atoms with Crippen molar-refractivity contribution in [3.05, 3.63) is 90.4 Å². The summed E-state index contributed by atoms with van der Waals surface area (Å²) < 4.78 is 24.6. The van der Waals surface area contributed by atoms with Crippen molar-refractivity contribution in [1.29, 1.82) is 0 Å². The van der Waals surface area contributed by atoms with E-state index in [0.29, 0.717) is 0 Å². The summed E-state index contributed by atoms with van der Waals surface area (Å²) in [4.78, 5) is 4.63. The van der Waals surface area contributed by atoms with E-state index in [2.05, 4.69) is 29.2 Å². The maximum absolute atomic E-state index is 13.7. The minimum atomic E-state index is -0.805. The number of thiophene rings is 1. The van der Waals surface area contributed by atoms with Gasteiger partial charge in [-0.25, -0.2) is 4.39 Å². The van der Waals surface area contributed by atoms with Gasteiger partial charge in [0.05, 0.1) is 5.69 Å². The molecule has 3 aromatic carbocycles. The predicted molar refractivity (Wildman–Crippen MR) is 123 cm³/mol. The lowest BCUT2D eigenvalue weighted by Gasteiger charge is -2.09. The first-order chi connectivity index (χ1) is 14.5. The Kier molecular flexibility index (Phi) is 4.12. The van der Waals surface area contributed by atoms with Gasteiger partial charge in [-0.05, 0) is 53.4 Å². The highest BCUT2D eigenvalue weighted by Gasteiger charge is 2.14. The average Bonchev–Trinajstić information content (AvgIpc) is 3.12. The Morgan fingerprint density at radius 1 is 1.00 bits per heavy atom. The maximum Gasteiger partial charge on any atom is 0.123 e. The van der Waals surface area contributed by atoms with Crippen molar-refractivity contribution in [2.24, 2.45) is 0 Å². The van der Waals surface area contributed by atoms with E-state index >= 15 is 0 Å². The molecule has 0 aliphatic heterocycles. The summed E-state index contributed by atoms with van der Waals surface area (Å²) in [5.74, 6) is -1.02. The molecule has 5 aromatic rings. The Labute approximate surface area is 174 Å². The number of nitrogens with zero attached hydrogens (tertiary/aromatic N) is 1. The van der Waals surface area contributed by atoms with Gasteiger partial charge in [0.15, 0.2) is 0 Å². The summed E-state index contributed by atoms with van der Waals surface area (Å²) in [6, 6.07) is 19.2. The Balaban J connectivity index is 1.77. The van der Waals surface area contributed by atoms with Crippen LogP contribution in [0, 0.1) is 5.82 Å². The molecule has 1 atom stereocenters. The van der Waals surface area contributed by atoms with Crippen molar-refractivity contribution in [2.75, 3.05) is 0 Å². The average molecular weight is 399 g/mol. The van der Waals surface area contributed by atoms with Crippen LogP contribution in [0.2, 0.25) is 0 Å². The van der Waals surface area contributed by atoms with E-state index in [-0.39, 0.29) is 5.82 Å². The number of aromatic nitrogens is 1. The third kappa shape index (κ3) is 3.02. The summed E-state index contributed by atoms with van der Waals surface area (Å²) in [6.45, 7) is 3.82. The predicted octanol–water partition coefficient (Wildman–Crippen LogP) is 8.09. The number of hydrogen-bond donors (Lipinski definition) is 0. The molecule has 0 radical (unpaired) electrons. The number of fused-ring (bicyclic) bond motifs is 5. The van der Waals surface area contributed by atoms with E-state index in [1.54, 1.807) is 23.6 Å². The van der Waals surface area contributed by atoms with Gasteiger partial charge in [-0.15, -0.1) is 11.3 Å². The highest BCUT2D eigenvalue weighted by atomic mass is 32.1. The Morgan fingerprint density at radius 2 is 1.83 bits per heavy atom. The molecule has 1 nitrogen and oxygen atoms in total. The summed E-state index contributed by atoms with van der Waals surface area (Å²) >= 11 is 1.72. The van der Waals surface area contributed by atoms with Crippen molar-refractivity contribution in [3.8, 4) is 11.3 Å². The van der Waals surface area contributed by atoms with E-state index in [1.807, 2.05) is 50.3 Å². The molecule has 2 heterocycles. The minimum Gasteiger partial charge on any atom is -0.256 e. The normalized spacial score (nSPS) is 14.7. The molecule has 0 saturated carbocycles. The third-order valence-corrected chi connectivity index (χ3v) is 6.64. The maximum atomic E-state index is 13.7. The van der Waals surface area contributed by atoms with Gasteiger partial charge in [0, 0.05) is 33.3 Å². The molecule has 29 heavy (non-hydrogen) atoms. The second kappa shape index (κ2) is 7.09. The minimum absolute atomic E-state index is 0.218. The van der Waals surface area contributed by atoms with Gasteiger partial charge >= 0.3 is 0 Å². The Hall–Kier alpha value is -3.04. The van der Waals surface area contributed by atoms with Crippen LogP contribution < -0.4 is 0 Å². The van der Waals surface area contributed by atoms with Gasteiger partial charge in [0.25, 0.3) is 0 Å². The van der Waals surface area contributed by atoms with Gasteiger partial charge in [-0.3, -0.25) is 4.98 Å². The van der Waals surface area contributed by atoms with Crippen LogP contribution in [0.15, 0.2) is 79.0 Å². The lowest BCUT2D eigenvalue weighted by atomic mass is 9.98. The number of benzene rings is 3. The molecule has 3 heteroatoms. The molecule has 0 saturated heterocycles. The number of allylic oxidation sites excluding steroid dienone is 2. The first-order valence-electron chi connectivity index (χ1n) is 10.1. The third-order valence-electron chi connectivity index (χ3n) is 5.35. The number of rotatable bonds is 3. The molecule has 1 unspecified atom stereocenters. The molecule has 0 amide bonds. The first kappa shape index (κ1) is 16.9. The Bertz CT molecular complexity index is 1450. The van der Waals surface area contributed by atoms with E-state index in [0.717, 1.165) is 37.0 Å². The molecule has 0 aliphatic rings. The summed E-state index contributed by atoms with van der Waals surface area (Å²) in [6.07, 6.45) is 5.58. The second-order valence-electron chi connectivity index (χ2n) is 7.20. The van der Waals surface area contributed by atoms with Gasteiger partial charge in [0.1, 0.15) is 5.82 Å². The van der Waals surface area contributed by atoms with E-state index in [9.17, 15) is 4.39 Å². The zero-order chi connectivity index (χ0) is 20.9. The molecule has 0 spiro atoms. The fourth-order valence-electron chi connectivity index (χ4n) is 3.93. The molecule has 142 valence electrons. The highest BCUT2D eigenvalue weighted by Crippen LogP contribution is 2.42. The quantitative estimate of drug-likeness (QED) is 0.280. The molecular formula is C26H20FNS. The standard InChI is InChI=1S/C26H20FNS/c1-3-5-16(2)17-12-13-28-24(15-17)23-7-4-6-21-22-10-8-18-14-19(27)9-11-20(18)25(22)29-26(21)23/h3-16H,1-2H3/b5-3-/i16D. The van der Waals surface area contributed by atoms with Crippen LogP contribution in [0.4, 0.5) is 4.39 Å². The van der Waals surface area contributed by atoms with Crippen molar-refractivity contribution in [2.45, 2.75) is 19.7 Å². The molecule has 2 aromatic heterocycles. The number of halogens is 1. The first-order valence-corrected chi connectivity index (χ1v) is 10.4. The molecule has 0 fully saturated rings. The largest absolute Gasteiger partial charge is 0.256 e. The van der Waals surface area contributed by atoms with Crippen LogP contribution in [0.3, 0.4) is 0 Å². The summed E-state index contributed by atoms with van der Waals surface area (Å²) in [7, 11) is 0. The van der Waals surface area contributed by atoms with Crippen LogP contribution in [0.1, 0.15) is 26.7 Å². The van der Waals surface area contributed by atoms with Gasteiger partial charge < -0.3 is 0 Å². The topological polar surface area (TPSA) is 12.9 Å². The van der Waals surface area contributed by atoms with Gasteiger partial charge in [0.2, 0.25) is 0 Å². The highest BCUT2D eigenvalue weighted by molar-refractivity contribution is 7.27. The monoisotopic (exact) mass is 398 g/mol. The van der Waals surface area contributed by atoms with E-state index in [1.165, 1.54) is 16.8 Å². The lowest BCUT2D eigenvalue weighted by molar-refractivity contribution is 0.630. The lowest BCUT2D eigenvalue weighted by Crippen LogP contribution is -1.92. The number of hydrogen-bond acceptors (Lipinski definition) is 2. The fourth-order valence-corrected chi connectivity index (χ4v) is 5.28. The Morgan fingerprint density at radius 3 is 2.69 bits per heavy atom. The van der Waals surface area contributed by atoms with Crippen LogP contribution in [-0.4, -0.2) is 4.98 Å². The second-order valence-corrected chi connectivity index (χ2v) is 8.23. The van der Waals surface area contributed by atoms with Crippen molar-refractivity contribution in [1.82, 2.24) is 4.98 Å². The van der Waals surface area contributed by atoms with Crippen molar-refractivity contribution < 1.29 is 5.76 Å². The van der Waals surface area contributed by atoms with Crippen molar-refractivity contribution >= 4 is 42.3 Å². The fraction of sp³-hybridized carbons (Fsp3) is 0.115. The zero-order valence-electron chi connectivity index (χ0n) is 17.2.